The summed E-state index contributed by atoms with van der Waals surface area (Å²) in [6, 6.07) is 0. The topological polar surface area (TPSA) is 54.0 Å². The van der Waals surface area contributed by atoms with Gasteiger partial charge in [-0.2, -0.15) is 0 Å². The smallest absolute Gasteiger partial charge is 0.199 e. The molecule has 3 unspecified atom stereocenters. The van der Waals surface area contributed by atoms with E-state index in [9.17, 15) is 4.79 Å². The molecule has 2 saturated heterocycles. The molecule has 0 aromatic heterocycles. The lowest BCUT2D eigenvalue weighted by molar-refractivity contribution is -0.201. The molecule has 0 aromatic carbocycles. The Hall–Kier alpha value is -1.17. The third-order valence-corrected chi connectivity index (χ3v) is 7.74. The standard InChI is InChI=1S/C27H42O5/c1-3-4-9-19(2)12-13-23(31-25-10-5-7-14-29-25)27-22-18-21(28)16-20(22)17-24(27)32-26-11-6-8-15-30-26/h3,13,19-20,22,24-27H,1,4-12,14-18H2,2H3/t19?,20-,22-,24-,25?,26?,27+/m1/s1. The van der Waals surface area contributed by atoms with Crippen molar-refractivity contribution in [3.05, 3.63) is 24.5 Å². The van der Waals surface area contributed by atoms with Crippen LogP contribution in [0.5, 0.6) is 0 Å². The van der Waals surface area contributed by atoms with Crippen LogP contribution in [0.1, 0.15) is 84.0 Å². The van der Waals surface area contributed by atoms with E-state index in [0.717, 1.165) is 83.2 Å². The second-order valence-electron chi connectivity index (χ2n) is 10.3. The van der Waals surface area contributed by atoms with E-state index < -0.39 is 0 Å². The van der Waals surface area contributed by atoms with Crippen LogP contribution in [-0.2, 0) is 23.7 Å². The summed E-state index contributed by atoms with van der Waals surface area (Å²) in [5.74, 6) is 2.79. The van der Waals surface area contributed by atoms with E-state index in [1.165, 1.54) is 0 Å². The Morgan fingerprint density at radius 1 is 1.12 bits per heavy atom. The van der Waals surface area contributed by atoms with Gasteiger partial charge in [0.25, 0.3) is 0 Å². The van der Waals surface area contributed by atoms with Crippen LogP contribution in [0.25, 0.3) is 0 Å². The predicted molar refractivity (Wildman–Crippen MR) is 124 cm³/mol. The number of ketones is 1. The lowest BCUT2D eigenvalue weighted by Crippen LogP contribution is -2.34. The molecule has 4 fully saturated rings. The Balaban J connectivity index is 1.53. The second-order valence-corrected chi connectivity index (χ2v) is 10.3. The van der Waals surface area contributed by atoms with Gasteiger partial charge in [0.15, 0.2) is 12.6 Å². The first kappa shape index (κ1) is 24.0. The molecule has 4 aliphatic rings. The molecule has 180 valence electrons. The van der Waals surface area contributed by atoms with E-state index in [4.69, 9.17) is 18.9 Å². The molecule has 0 N–H and O–H groups in total. The van der Waals surface area contributed by atoms with Gasteiger partial charge in [0, 0.05) is 31.8 Å². The third kappa shape index (κ3) is 6.24. The van der Waals surface area contributed by atoms with Gasteiger partial charge in [0.05, 0.1) is 12.7 Å². The molecule has 2 aliphatic carbocycles. The molecule has 2 saturated carbocycles. The Morgan fingerprint density at radius 3 is 2.56 bits per heavy atom. The molecule has 2 heterocycles. The summed E-state index contributed by atoms with van der Waals surface area (Å²) in [6.45, 7) is 7.69. The van der Waals surface area contributed by atoms with Crippen molar-refractivity contribution in [2.24, 2.45) is 23.7 Å². The van der Waals surface area contributed by atoms with E-state index in [-0.39, 0.29) is 24.6 Å². The van der Waals surface area contributed by atoms with E-state index in [1.807, 2.05) is 6.08 Å². The van der Waals surface area contributed by atoms with Gasteiger partial charge in [0.1, 0.15) is 11.5 Å². The number of carbonyl (C=O) groups excluding carboxylic acids is 1. The number of hydrogen-bond donors (Lipinski definition) is 0. The van der Waals surface area contributed by atoms with Crippen LogP contribution < -0.4 is 0 Å². The highest BCUT2D eigenvalue weighted by Crippen LogP contribution is 2.51. The molecule has 5 heteroatoms. The summed E-state index contributed by atoms with van der Waals surface area (Å²) < 4.78 is 25.0. The number of ether oxygens (including phenoxy) is 4. The molecule has 5 nitrogen and oxygen atoms in total. The van der Waals surface area contributed by atoms with Crippen LogP contribution in [0.2, 0.25) is 0 Å². The molecule has 4 rings (SSSR count). The highest BCUT2D eigenvalue weighted by atomic mass is 16.7. The SMILES string of the molecule is C=CCCC(C)CC=C(OC1CCCCO1)[C@@H]1[C@@H]2CC(=O)C[C@@H]2C[C@H]1OC1CCCCO1. The zero-order valence-corrected chi connectivity index (χ0v) is 19.8. The van der Waals surface area contributed by atoms with Crippen molar-refractivity contribution in [1.29, 1.82) is 0 Å². The number of hydrogen-bond acceptors (Lipinski definition) is 5. The lowest BCUT2D eigenvalue weighted by Gasteiger charge is -2.34. The van der Waals surface area contributed by atoms with Crippen molar-refractivity contribution < 1.29 is 23.7 Å². The maximum atomic E-state index is 12.3. The van der Waals surface area contributed by atoms with Gasteiger partial charge in [-0.15, -0.1) is 6.58 Å². The van der Waals surface area contributed by atoms with E-state index in [1.54, 1.807) is 0 Å². The molecule has 0 aromatic rings. The molecule has 0 amide bonds. The molecule has 0 radical (unpaired) electrons. The van der Waals surface area contributed by atoms with Crippen molar-refractivity contribution in [3.8, 4) is 0 Å². The van der Waals surface area contributed by atoms with Crippen LogP contribution in [-0.4, -0.2) is 37.7 Å². The van der Waals surface area contributed by atoms with E-state index in [2.05, 4.69) is 19.6 Å². The molecular formula is C27H42O5. The first-order chi connectivity index (χ1) is 15.6. The molecule has 7 atom stereocenters. The van der Waals surface area contributed by atoms with Crippen LogP contribution in [0, 0.1) is 23.7 Å². The maximum absolute atomic E-state index is 12.3. The van der Waals surface area contributed by atoms with Crippen LogP contribution in [0.15, 0.2) is 24.5 Å². The maximum Gasteiger partial charge on any atom is 0.199 e. The summed E-state index contributed by atoms with van der Waals surface area (Å²) >= 11 is 0. The van der Waals surface area contributed by atoms with Crippen molar-refractivity contribution in [2.75, 3.05) is 13.2 Å². The summed E-state index contributed by atoms with van der Waals surface area (Å²) in [5.41, 5.74) is 0. The number of carbonyl (C=O) groups is 1. The summed E-state index contributed by atoms with van der Waals surface area (Å²) in [4.78, 5) is 12.3. The normalized spacial score (nSPS) is 36.7. The molecule has 0 spiro atoms. The van der Waals surface area contributed by atoms with Crippen LogP contribution >= 0.6 is 0 Å². The van der Waals surface area contributed by atoms with Gasteiger partial charge < -0.3 is 18.9 Å². The fourth-order valence-electron chi connectivity index (χ4n) is 5.96. The van der Waals surface area contributed by atoms with Gasteiger partial charge in [-0.1, -0.05) is 13.0 Å². The number of Topliss-reactive ketones (excluding diaryl/α,β-unsaturated/α-hetero) is 1. The zero-order chi connectivity index (χ0) is 22.3. The minimum atomic E-state index is -0.179. The van der Waals surface area contributed by atoms with E-state index in [0.29, 0.717) is 36.4 Å². The zero-order valence-electron chi connectivity index (χ0n) is 19.8. The number of rotatable bonds is 10. The van der Waals surface area contributed by atoms with Gasteiger partial charge in [0.2, 0.25) is 0 Å². The Morgan fingerprint density at radius 2 is 1.88 bits per heavy atom. The van der Waals surface area contributed by atoms with Crippen molar-refractivity contribution >= 4 is 5.78 Å². The van der Waals surface area contributed by atoms with Gasteiger partial charge in [-0.25, -0.2) is 0 Å². The average molecular weight is 447 g/mol. The Labute approximate surface area is 193 Å². The Bertz CT molecular complexity index is 646. The van der Waals surface area contributed by atoms with Crippen molar-refractivity contribution in [3.63, 3.8) is 0 Å². The van der Waals surface area contributed by atoms with Crippen molar-refractivity contribution in [2.45, 2.75) is 103 Å². The summed E-state index contributed by atoms with van der Waals surface area (Å²) in [5, 5.41) is 0. The molecule has 32 heavy (non-hydrogen) atoms. The fraction of sp³-hybridized carbons (Fsp3) is 0.815. The largest absolute Gasteiger partial charge is 0.469 e. The fourth-order valence-corrected chi connectivity index (χ4v) is 5.96. The average Bonchev–Trinajstić information content (AvgIpc) is 3.31. The highest BCUT2D eigenvalue weighted by molar-refractivity contribution is 5.81. The minimum Gasteiger partial charge on any atom is -0.469 e. The van der Waals surface area contributed by atoms with Crippen LogP contribution in [0.3, 0.4) is 0 Å². The monoisotopic (exact) mass is 446 g/mol. The highest BCUT2D eigenvalue weighted by Gasteiger charge is 2.51. The first-order valence-corrected chi connectivity index (χ1v) is 13.0. The van der Waals surface area contributed by atoms with Gasteiger partial charge >= 0.3 is 0 Å². The predicted octanol–water partition coefficient (Wildman–Crippen LogP) is 5.93. The summed E-state index contributed by atoms with van der Waals surface area (Å²) in [6.07, 6.45) is 15.8. The summed E-state index contributed by atoms with van der Waals surface area (Å²) in [7, 11) is 0. The van der Waals surface area contributed by atoms with E-state index >= 15 is 0 Å². The number of fused-ring (bicyclic) bond motifs is 1. The molecule has 2 aliphatic heterocycles. The molecular weight excluding hydrogens is 404 g/mol. The Kier molecular flexibility index (Phi) is 8.84. The molecule has 0 bridgehead atoms. The quantitative estimate of drug-likeness (QED) is 0.307. The van der Waals surface area contributed by atoms with Crippen molar-refractivity contribution in [1.82, 2.24) is 0 Å². The van der Waals surface area contributed by atoms with Gasteiger partial charge in [-0.3, -0.25) is 4.79 Å². The van der Waals surface area contributed by atoms with Gasteiger partial charge in [-0.05, 0) is 81.6 Å². The first-order valence-electron chi connectivity index (χ1n) is 13.0. The van der Waals surface area contributed by atoms with Crippen LogP contribution in [0.4, 0.5) is 0 Å². The lowest BCUT2D eigenvalue weighted by atomic mass is 9.88. The second kappa shape index (κ2) is 11.8. The number of allylic oxidation sites excluding steroid dienone is 2. The third-order valence-electron chi connectivity index (χ3n) is 7.74. The minimum absolute atomic E-state index is 0.0551.